The monoisotopic (exact) mass is 378 g/mol. The number of hydrogen-bond acceptors (Lipinski definition) is 3. The maximum Gasteiger partial charge on any atom is 0.243 e. The van der Waals surface area contributed by atoms with Crippen LogP contribution in [0.1, 0.15) is 58.9 Å². The average Bonchev–Trinajstić information content (AvgIpc) is 2.62. The van der Waals surface area contributed by atoms with Gasteiger partial charge in [-0.3, -0.25) is 4.90 Å². The fraction of sp³-hybridized carbons (Fsp3) is 0.714. The van der Waals surface area contributed by atoms with Crippen LogP contribution in [0.5, 0.6) is 0 Å². The maximum absolute atomic E-state index is 13.0. The quantitative estimate of drug-likeness (QED) is 0.802. The molecule has 3 rings (SSSR count). The molecule has 2 atom stereocenters. The normalized spacial score (nSPS) is 26.8. The van der Waals surface area contributed by atoms with E-state index in [-0.39, 0.29) is 5.41 Å². The van der Waals surface area contributed by atoms with Crippen molar-refractivity contribution in [1.29, 1.82) is 0 Å². The molecule has 0 spiro atoms. The summed E-state index contributed by atoms with van der Waals surface area (Å²) >= 11 is 0. The lowest BCUT2D eigenvalue weighted by Gasteiger charge is -2.43. The summed E-state index contributed by atoms with van der Waals surface area (Å²) in [7, 11) is -3.39. The van der Waals surface area contributed by atoms with Gasteiger partial charge in [0.05, 0.1) is 4.90 Å². The Balaban J connectivity index is 1.66. The van der Waals surface area contributed by atoms with Crippen molar-refractivity contribution in [2.24, 2.45) is 5.92 Å². The second-order valence-electron chi connectivity index (χ2n) is 9.04. The van der Waals surface area contributed by atoms with Crippen LogP contribution in [0.4, 0.5) is 0 Å². The van der Waals surface area contributed by atoms with Crippen LogP contribution in [0.3, 0.4) is 0 Å². The van der Waals surface area contributed by atoms with E-state index in [1.165, 1.54) is 25.7 Å². The highest BCUT2D eigenvalue weighted by Crippen LogP contribution is 2.30. The molecular formula is C21H34N2O2S. The number of benzene rings is 1. The Bertz CT molecular complexity index is 699. The molecule has 0 radical (unpaired) electrons. The van der Waals surface area contributed by atoms with Gasteiger partial charge in [0.25, 0.3) is 0 Å². The van der Waals surface area contributed by atoms with Gasteiger partial charge in [0.1, 0.15) is 0 Å². The molecule has 2 aliphatic rings. The molecule has 146 valence electrons. The van der Waals surface area contributed by atoms with Gasteiger partial charge in [0, 0.05) is 32.2 Å². The van der Waals surface area contributed by atoms with Crippen molar-refractivity contribution in [3.05, 3.63) is 29.8 Å². The third-order valence-corrected chi connectivity index (χ3v) is 8.08. The van der Waals surface area contributed by atoms with Crippen molar-refractivity contribution in [2.75, 3.05) is 26.2 Å². The highest BCUT2D eigenvalue weighted by atomic mass is 32.2. The topological polar surface area (TPSA) is 40.6 Å². The van der Waals surface area contributed by atoms with Crippen LogP contribution in [0.2, 0.25) is 0 Å². The molecule has 4 nitrogen and oxygen atoms in total. The molecule has 0 bridgehead atoms. The predicted molar refractivity (Wildman–Crippen MR) is 107 cm³/mol. The van der Waals surface area contributed by atoms with E-state index in [1.54, 1.807) is 16.4 Å². The summed E-state index contributed by atoms with van der Waals surface area (Å²) in [6.45, 7) is 11.7. The first kappa shape index (κ1) is 19.8. The largest absolute Gasteiger partial charge is 0.298 e. The van der Waals surface area contributed by atoms with Crippen LogP contribution in [0, 0.1) is 5.92 Å². The van der Waals surface area contributed by atoms with Crippen molar-refractivity contribution in [2.45, 2.75) is 69.7 Å². The van der Waals surface area contributed by atoms with Crippen LogP contribution in [0.25, 0.3) is 0 Å². The molecule has 1 aromatic rings. The summed E-state index contributed by atoms with van der Waals surface area (Å²) < 4.78 is 27.7. The SMILES string of the molecule is CC1CCCCC1N1CCN(S(=O)(=O)c2ccc(C(C)(C)C)cc2)CC1. The molecule has 2 unspecified atom stereocenters. The fourth-order valence-electron chi connectivity index (χ4n) is 4.39. The lowest BCUT2D eigenvalue weighted by atomic mass is 9.84. The summed E-state index contributed by atoms with van der Waals surface area (Å²) in [5.41, 5.74) is 1.19. The number of sulfonamides is 1. The predicted octanol–water partition coefficient (Wildman–Crippen LogP) is 3.87. The second kappa shape index (κ2) is 7.61. The highest BCUT2D eigenvalue weighted by molar-refractivity contribution is 7.89. The molecule has 0 amide bonds. The van der Waals surface area contributed by atoms with Crippen molar-refractivity contribution < 1.29 is 8.42 Å². The van der Waals surface area contributed by atoms with Crippen LogP contribution >= 0.6 is 0 Å². The van der Waals surface area contributed by atoms with Crippen LogP contribution in [0.15, 0.2) is 29.2 Å². The van der Waals surface area contributed by atoms with Gasteiger partial charge >= 0.3 is 0 Å². The summed E-state index contributed by atoms with van der Waals surface area (Å²) in [6.07, 6.45) is 5.23. The van der Waals surface area contributed by atoms with E-state index >= 15 is 0 Å². The molecular weight excluding hydrogens is 344 g/mol. The van der Waals surface area contributed by atoms with Crippen LogP contribution in [-0.2, 0) is 15.4 Å². The molecule has 0 aromatic heterocycles. The Morgan fingerprint density at radius 2 is 1.50 bits per heavy atom. The van der Waals surface area contributed by atoms with E-state index < -0.39 is 10.0 Å². The van der Waals surface area contributed by atoms with Gasteiger partial charge in [-0.2, -0.15) is 4.31 Å². The second-order valence-corrected chi connectivity index (χ2v) is 11.0. The molecule has 0 N–H and O–H groups in total. The number of rotatable bonds is 3. The smallest absolute Gasteiger partial charge is 0.243 e. The Morgan fingerprint density at radius 3 is 2.04 bits per heavy atom. The Kier molecular flexibility index (Phi) is 5.80. The van der Waals surface area contributed by atoms with Gasteiger partial charge in [-0.1, -0.05) is 52.7 Å². The van der Waals surface area contributed by atoms with Crippen molar-refractivity contribution in [1.82, 2.24) is 9.21 Å². The molecule has 26 heavy (non-hydrogen) atoms. The minimum atomic E-state index is -3.39. The van der Waals surface area contributed by atoms with E-state index in [1.807, 2.05) is 12.1 Å². The summed E-state index contributed by atoms with van der Waals surface area (Å²) in [6, 6.07) is 8.08. The van der Waals surface area contributed by atoms with Crippen LogP contribution in [-0.4, -0.2) is 49.8 Å². The zero-order valence-electron chi connectivity index (χ0n) is 16.7. The van der Waals surface area contributed by atoms with E-state index in [4.69, 9.17) is 0 Å². The van der Waals surface area contributed by atoms with E-state index in [0.29, 0.717) is 24.0 Å². The minimum Gasteiger partial charge on any atom is -0.298 e. The summed E-state index contributed by atoms with van der Waals surface area (Å²) in [4.78, 5) is 2.95. The minimum absolute atomic E-state index is 0.0323. The van der Waals surface area contributed by atoms with E-state index in [9.17, 15) is 8.42 Å². The molecule has 1 heterocycles. The lowest BCUT2D eigenvalue weighted by Crippen LogP contribution is -2.53. The first-order valence-corrected chi connectivity index (χ1v) is 11.5. The van der Waals surface area contributed by atoms with E-state index in [2.05, 4.69) is 32.6 Å². The summed E-state index contributed by atoms with van der Waals surface area (Å²) in [5, 5.41) is 0. The molecule has 5 heteroatoms. The first-order valence-electron chi connectivity index (χ1n) is 10.0. The third-order valence-electron chi connectivity index (χ3n) is 6.17. The van der Waals surface area contributed by atoms with Gasteiger partial charge in [0.15, 0.2) is 0 Å². The van der Waals surface area contributed by atoms with Gasteiger partial charge < -0.3 is 0 Å². The zero-order chi connectivity index (χ0) is 18.9. The Morgan fingerprint density at radius 1 is 0.923 bits per heavy atom. The Hall–Kier alpha value is -0.910. The van der Waals surface area contributed by atoms with Gasteiger partial charge in [-0.25, -0.2) is 8.42 Å². The summed E-state index contributed by atoms with van der Waals surface area (Å²) in [5.74, 6) is 0.733. The molecule has 1 saturated carbocycles. The third kappa shape index (κ3) is 4.15. The van der Waals surface area contributed by atoms with Crippen LogP contribution < -0.4 is 0 Å². The highest BCUT2D eigenvalue weighted by Gasteiger charge is 2.33. The first-order chi connectivity index (χ1) is 12.2. The molecule has 1 aromatic carbocycles. The van der Waals surface area contributed by atoms with Gasteiger partial charge in [0.2, 0.25) is 10.0 Å². The van der Waals surface area contributed by atoms with Gasteiger partial charge in [-0.05, 0) is 41.9 Å². The number of nitrogens with zero attached hydrogens (tertiary/aromatic N) is 2. The average molecular weight is 379 g/mol. The number of piperazine rings is 1. The molecule has 1 aliphatic heterocycles. The standard InChI is InChI=1S/C21H34N2O2S/c1-17-7-5-6-8-20(17)22-13-15-23(16-14-22)26(24,25)19-11-9-18(10-12-19)21(2,3)4/h9-12,17,20H,5-8,13-16H2,1-4H3. The lowest BCUT2D eigenvalue weighted by molar-refractivity contribution is 0.0786. The number of hydrogen-bond donors (Lipinski definition) is 0. The molecule has 1 saturated heterocycles. The maximum atomic E-state index is 13.0. The van der Waals surface area contributed by atoms with Gasteiger partial charge in [-0.15, -0.1) is 0 Å². The van der Waals surface area contributed by atoms with Crippen molar-refractivity contribution >= 4 is 10.0 Å². The molecule has 1 aliphatic carbocycles. The van der Waals surface area contributed by atoms with E-state index in [0.717, 1.165) is 24.6 Å². The molecule has 2 fully saturated rings. The Labute approximate surface area is 159 Å². The van der Waals surface area contributed by atoms with Crippen molar-refractivity contribution in [3.8, 4) is 0 Å². The van der Waals surface area contributed by atoms with Crippen molar-refractivity contribution in [3.63, 3.8) is 0 Å². The fourth-order valence-corrected chi connectivity index (χ4v) is 5.81. The zero-order valence-corrected chi connectivity index (χ0v) is 17.6.